The summed E-state index contributed by atoms with van der Waals surface area (Å²) in [5, 5.41) is 10.6. The van der Waals surface area contributed by atoms with Crippen molar-refractivity contribution >= 4 is 40.0 Å². The van der Waals surface area contributed by atoms with E-state index in [9.17, 15) is 4.79 Å². The standard InChI is InChI=1S/C26H21ClN6O/c27-21-12-6-4-10-19(21)23-29-30-24-20-11-5-7-13-22(20)28-26(33(23)24)32-16-14-31(15-17-32)25(34)18-8-2-1-3-9-18/h1-13H,14-17H2. The maximum Gasteiger partial charge on any atom is 0.253 e. The van der Waals surface area contributed by atoms with Crippen LogP contribution in [0.25, 0.3) is 27.9 Å². The number of halogens is 1. The number of fused-ring (bicyclic) bond motifs is 3. The third-order valence-corrected chi connectivity index (χ3v) is 6.54. The van der Waals surface area contributed by atoms with Gasteiger partial charge in [0.15, 0.2) is 11.5 Å². The van der Waals surface area contributed by atoms with Gasteiger partial charge in [0.1, 0.15) is 0 Å². The summed E-state index contributed by atoms with van der Waals surface area (Å²) in [4.78, 5) is 22.0. The molecule has 2 aromatic heterocycles. The first kappa shape index (κ1) is 20.6. The molecule has 0 N–H and O–H groups in total. The van der Waals surface area contributed by atoms with Crippen LogP contribution in [0.3, 0.4) is 0 Å². The Kier molecular flexibility index (Phi) is 5.11. The number of carbonyl (C=O) groups excluding carboxylic acids is 1. The average Bonchev–Trinajstić information content (AvgIpc) is 3.34. The number of rotatable bonds is 3. The predicted molar refractivity (Wildman–Crippen MR) is 133 cm³/mol. The number of para-hydroxylation sites is 1. The minimum Gasteiger partial charge on any atom is -0.338 e. The number of aromatic nitrogens is 4. The number of benzene rings is 3. The smallest absolute Gasteiger partial charge is 0.253 e. The van der Waals surface area contributed by atoms with Crippen molar-refractivity contribution in [1.82, 2.24) is 24.5 Å². The van der Waals surface area contributed by atoms with Crippen LogP contribution < -0.4 is 4.90 Å². The third-order valence-electron chi connectivity index (χ3n) is 6.21. The quantitative estimate of drug-likeness (QED) is 0.388. The number of nitrogens with zero attached hydrogens (tertiary/aromatic N) is 6. The van der Waals surface area contributed by atoms with E-state index in [0.29, 0.717) is 42.6 Å². The predicted octanol–water partition coefficient (Wildman–Crippen LogP) is 4.56. The van der Waals surface area contributed by atoms with Gasteiger partial charge in [-0.2, -0.15) is 0 Å². The Hall–Kier alpha value is -3.97. The highest BCUT2D eigenvalue weighted by atomic mass is 35.5. The van der Waals surface area contributed by atoms with Crippen molar-refractivity contribution in [3.05, 3.63) is 89.4 Å². The molecule has 0 saturated carbocycles. The number of amides is 1. The van der Waals surface area contributed by atoms with E-state index in [1.54, 1.807) is 0 Å². The molecular weight excluding hydrogens is 448 g/mol. The minimum absolute atomic E-state index is 0.0536. The molecule has 6 rings (SSSR count). The lowest BCUT2D eigenvalue weighted by atomic mass is 10.2. The Balaban J connectivity index is 1.41. The first-order valence-corrected chi connectivity index (χ1v) is 11.6. The van der Waals surface area contributed by atoms with Gasteiger partial charge in [0.25, 0.3) is 5.91 Å². The fraction of sp³-hybridized carbons (Fsp3) is 0.154. The number of hydrogen-bond donors (Lipinski definition) is 0. The lowest BCUT2D eigenvalue weighted by Crippen LogP contribution is -2.49. The maximum absolute atomic E-state index is 12.9. The average molecular weight is 469 g/mol. The van der Waals surface area contributed by atoms with Crippen LogP contribution >= 0.6 is 11.6 Å². The normalized spacial score (nSPS) is 14.1. The lowest BCUT2D eigenvalue weighted by Gasteiger charge is -2.35. The number of carbonyl (C=O) groups is 1. The summed E-state index contributed by atoms with van der Waals surface area (Å²) in [6, 6.07) is 25.0. The Morgan fingerprint density at radius 3 is 2.29 bits per heavy atom. The zero-order valence-corrected chi connectivity index (χ0v) is 19.1. The summed E-state index contributed by atoms with van der Waals surface area (Å²) >= 11 is 6.53. The molecule has 1 aliphatic heterocycles. The molecule has 1 saturated heterocycles. The fourth-order valence-corrected chi connectivity index (χ4v) is 4.69. The molecule has 3 heterocycles. The van der Waals surface area contributed by atoms with Gasteiger partial charge in [0.05, 0.1) is 10.5 Å². The fourth-order valence-electron chi connectivity index (χ4n) is 4.47. The van der Waals surface area contributed by atoms with E-state index in [2.05, 4.69) is 15.1 Å². The van der Waals surface area contributed by atoms with E-state index < -0.39 is 0 Å². The molecule has 0 radical (unpaired) electrons. The Morgan fingerprint density at radius 2 is 1.50 bits per heavy atom. The molecule has 0 spiro atoms. The first-order valence-electron chi connectivity index (χ1n) is 11.2. The van der Waals surface area contributed by atoms with Crippen molar-refractivity contribution in [1.29, 1.82) is 0 Å². The van der Waals surface area contributed by atoms with E-state index in [4.69, 9.17) is 16.6 Å². The van der Waals surface area contributed by atoms with Gasteiger partial charge in [0.2, 0.25) is 5.95 Å². The Morgan fingerprint density at radius 1 is 0.794 bits per heavy atom. The van der Waals surface area contributed by atoms with Crippen LogP contribution in [0.2, 0.25) is 5.02 Å². The van der Waals surface area contributed by atoms with Crippen molar-refractivity contribution in [3.8, 4) is 11.4 Å². The van der Waals surface area contributed by atoms with Gasteiger partial charge >= 0.3 is 0 Å². The van der Waals surface area contributed by atoms with E-state index in [-0.39, 0.29) is 5.91 Å². The molecule has 34 heavy (non-hydrogen) atoms. The van der Waals surface area contributed by atoms with Crippen LogP contribution in [0.15, 0.2) is 78.9 Å². The molecule has 0 atom stereocenters. The van der Waals surface area contributed by atoms with Crippen LogP contribution in [0, 0.1) is 0 Å². The van der Waals surface area contributed by atoms with E-state index in [0.717, 1.165) is 28.1 Å². The number of hydrogen-bond acceptors (Lipinski definition) is 5. The van der Waals surface area contributed by atoms with Crippen molar-refractivity contribution in [2.45, 2.75) is 0 Å². The second-order valence-corrected chi connectivity index (χ2v) is 8.64. The Labute approximate surface area is 201 Å². The summed E-state index contributed by atoms with van der Waals surface area (Å²) in [5.74, 6) is 1.45. The summed E-state index contributed by atoms with van der Waals surface area (Å²) < 4.78 is 1.98. The van der Waals surface area contributed by atoms with E-state index in [1.807, 2.05) is 88.2 Å². The highest BCUT2D eigenvalue weighted by Gasteiger charge is 2.26. The third kappa shape index (κ3) is 3.45. The zero-order valence-electron chi connectivity index (χ0n) is 18.3. The molecule has 5 aromatic rings. The molecule has 0 aliphatic carbocycles. The molecule has 1 fully saturated rings. The second kappa shape index (κ2) is 8.43. The molecule has 7 nitrogen and oxygen atoms in total. The van der Waals surface area contributed by atoms with Crippen LogP contribution in [-0.2, 0) is 0 Å². The van der Waals surface area contributed by atoms with Crippen molar-refractivity contribution in [3.63, 3.8) is 0 Å². The number of anilines is 1. The monoisotopic (exact) mass is 468 g/mol. The van der Waals surface area contributed by atoms with Crippen molar-refractivity contribution < 1.29 is 4.79 Å². The first-order chi connectivity index (χ1) is 16.7. The van der Waals surface area contributed by atoms with Crippen molar-refractivity contribution in [2.24, 2.45) is 0 Å². The van der Waals surface area contributed by atoms with Gasteiger partial charge in [-0.15, -0.1) is 10.2 Å². The minimum atomic E-state index is 0.0536. The molecule has 1 aliphatic rings. The molecule has 168 valence electrons. The maximum atomic E-state index is 12.9. The number of piperazine rings is 1. The van der Waals surface area contributed by atoms with Crippen LogP contribution in [-0.4, -0.2) is 56.6 Å². The molecule has 3 aromatic carbocycles. The summed E-state index contributed by atoms with van der Waals surface area (Å²) in [6.45, 7) is 2.51. The van der Waals surface area contributed by atoms with Gasteiger partial charge in [-0.3, -0.25) is 4.79 Å². The summed E-state index contributed by atoms with van der Waals surface area (Å²) in [7, 11) is 0. The van der Waals surface area contributed by atoms with Gasteiger partial charge in [-0.25, -0.2) is 9.38 Å². The van der Waals surface area contributed by atoms with Crippen LogP contribution in [0.1, 0.15) is 10.4 Å². The Bertz CT molecular complexity index is 1510. The molecule has 1 amide bonds. The van der Waals surface area contributed by atoms with Gasteiger partial charge in [0, 0.05) is 42.7 Å². The molecule has 0 unspecified atom stereocenters. The van der Waals surface area contributed by atoms with Gasteiger partial charge < -0.3 is 9.80 Å². The molecule has 0 bridgehead atoms. The highest BCUT2D eigenvalue weighted by molar-refractivity contribution is 6.33. The molecular formula is C26H21ClN6O. The summed E-state index contributed by atoms with van der Waals surface area (Å²) in [6.07, 6.45) is 0. The van der Waals surface area contributed by atoms with Crippen LogP contribution in [0.4, 0.5) is 5.95 Å². The lowest BCUT2D eigenvalue weighted by molar-refractivity contribution is 0.0746. The molecule has 8 heteroatoms. The van der Waals surface area contributed by atoms with Crippen molar-refractivity contribution in [2.75, 3.05) is 31.1 Å². The van der Waals surface area contributed by atoms with Gasteiger partial charge in [-0.1, -0.05) is 54.1 Å². The zero-order chi connectivity index (χ0) is 23.1. The van der Waals surface area contributed by atoms with E-state index >= 15 is 0 Å². The van der Waals surface area contributed by atoms with E-state index in [1.165, 1.54) is 0 Å². The highest BCUT2D eigenvalue weighted by Crippen LogP contribution is 2.32. The largest absolute Gasteiger partial charge is 0.338 e. The summed E-state index contributed by atoms with van der Waals surface area (Å²) in [5.41, 5.74) is 3.10. The topological polar surface area (TPSA) is 66.6 Å². The van der Waals surface area contributed by atoms with Gasteiger partial charge in [-0.05, 0) is 36.4 Å². The SMILES string of the molecule is O=C(c1ccccc1)N1CCN(c2nc3ccccc3c3nnc(-c4ccccc4Cl)n23)CC1. The second-order valence-electron chi connectivity index (χ2n) is 8.24. The van der Waals surface area contributed by atoms with Crippen LogP contribution in [0.5, 0.6) is 0 Å².